The van der Waals surface area contributed by atoms with Crippen molar-refractivity contribution < 1.29 is 4.74 Å². The Kier molecular flexibility index (Phi) is 7.93. The summed E-state index contributed by atoms with van der Waals surface area (Å²) in [7, 11) is 2.21. The van der Waals surface area contributed by atoms with E-state index in [0.29, 0.717) is 6.04 Å². The van der Waals surface area contributed by atoms with Crippen LogP contribution in [0.3, 0.4) is 0 Å². The largest absolute Gasteiger partial charge is 0.358 e. The molecular weight excluding hydrogens is 322 g/mol. The Morgan fingerprint density at radius 1 is 1.19 bits per heavy atom. The van der Waals surface area contributed by atoms with Crippen molar-refractivity contribution in [3.05, 3.63) is 35.4 Å². The van der Waals surface area contributed by atoms with Gasteiger partial charge in [0.1, 0.15) is 6.23 Å². The van der Waals surface area contributed by atoms with E-state index in [-0.39, 0.29) is 6.23 Å². The molecule has 2 aliphatic rings. The summed E-state index contributed by atoms with van der Waals surface area (Å²) in [5.41, 5.74) is 2.79. The van der Waals surface area contributed by atoms with Gasteiger partial charge in [-0.25, -0.2) is 0 Å². The zero-order chi connectivity index (χ0) is 18.2. The molecule has 4 heteroatoms. The standard InChI is InChI=1S/C22H37N3O/c1-3-4-11-20-17-19-10-6-7-12-21(19)22(23-20)26-16-15-24(2)18-25-13-8-5-9-14-25/h6-7,10,12,20,22-23H,3-5,8-9,11,13-18H2,1-2H3. The Hall–Kier alpha value is -0.940. The second-order valence-corrected chi connectivity index (χ2v) is 8.06. The average Bonchev–Trinajstić information content (AvgIpc) is 2.67. The molecule has 0 amide bonds. The van der Waals surface area contributed by atoms with Gasteiger partial charge in [-0.1, -0.05) is 50.5 Å². The van der Waals surface area contributed by atoms with Gasteiger partial charge in [0, 0.05) is 12.6 Å². The molecule has 1 aromatic rings. The number of ether oxygens (including phenoxy) is 1. The highest BCUT2D eigenvalue weighted by molar-refractivity contribution is 5.32. The van der Waals surface area contributed by atoms with Crippen molar-refractivity contribution in [2.75, 3.05) is 40.0 Å². The summed E-state index contributed by atoms with van der Waals surface area (Å²) in [6.45, 7) is 7.59. The van der Waals surface area contributed by atoms with E-state index in [0.717, 1.165) is 26.2 Å². The number of likely N-dealkylation sites (tertiary alicyclic amines) is 1. The Morgan fingerprint density at radius 2 is 2.00 bits per heavy atom. The SMILES string of the molecule is CCCCC1Cc2ccccc2C(OCCN(C)CN2CCCCC2)N1. The Labute approximate surface area is 159 Å². The molecule has 0 aromatic heterocycles. The van der Waals surface area contributed by atoms with E-state index in [2.05, 4.69) is 53.4 Å². The van der Waals surface area contributed by atoms with Crippen LogP contribution in [0.2, 0.25) is 0 Å². The van der Waals surface area contributed by atoms with Crippen molar-refractivity contribution in [3.63, 3.8) is 0 Å². The third-order valence-electron chi connectivity index (χ3n) is 5.74. The first-order valence-electron chi connectivity index (χ1n) is 10.6. The van der Waals surface area contributed by atoms with Gasteiger partial charge in [-0.05, 0) is 56.9 Å². The monoisotopic (exact) mass is 359 g/mol. The van der Waals surface area contributed by atoms with Crippen molar-refractivity contribution in [3.8, 4) is 0 Å². The second-order valence-electron chi connectivity index (χ2n) is 8.06. The molecule has 3 rings (SSSR count). The lowest BCUT2D eigenvalue weighted by Gasteiger charge is -2.34. The molecule has 1 N–H and O–H groups in total. The minimum absolute atomic E-state index is 0.0465. The Bertz CT molecular complexity index is 530. The molecule has 0 aliphatic carbocycles. The first kappa shape index (κ1) is 19.8. The maximum atomic E-state index is 6.31. The normalized spacial score (nSPS) is 24.0. The van der Waals surface area contributed by atoms with Gasteiger partial charge in [-0.15, -0.1) is 0 Å². The summed E-state index contributed by atoms with van der Waals surface area (Å²) in [6, 6.07) is 9.32. The molecule has 1 aromatic carbocycles. The van der Waals surface area contributed by atoms with E-state index in [9.17, 15) is 0 Å². The molecule has 2 unspecified atom stereocenters. The topological polar surface area (TPSA) is 27.7 Å². The molecule has 2 aliphatic heterocycles. The van der Waals surface area contributed by atoms with Gasteiger partial charge in [-0.2, -0.15) is 0 Å². The third-order valence-corrected chi connectivity index (χ3v) is 5.74. The summed E-state index contributed by atoms with van der Waals surface area (Å²) in [5, 5.41) is 3.75. The van der Waals surface area contributed by atoms with Crippen LogP contribution in [-0.4, -0.2) is 55.8 Å². The van der Waals surface area contributed by atoms with E-state index in [4.69, 9.17) is 4.74 Å². The number of hydrogen-bond acceptors (Lipinski definition) is 4. The van der Waals surface area contributed by atoms with Gasteiger partial charge in [0.2, 0.25) is 0 Å². The smallest absolute Gasteiger partial charge is 0.134 e. The number of benzene rings is 1. The lowest BCUT2D eigenvalue weighted by atomic mass is 9.92. The molecule has 146 valence electrons. The predicted molar refractivity (Wildman–Crippen MR) is 108 cm³/mol. The number of likely N-dealkylation sites (N-methyl/N-ethyl adjacent to an activating group) is 1. The fraction of sp³-hybridized carbons (Fsp3) is 0.727. The molecular formula is C22H37N3O. The highest BCUT2D eigenvalue weighted by Gasteiger charge is 2.26. The first-order chi connectivity index (χ1) is 12.8. The van der Waals surface area contributed by atoms with E-state index in [1.807, 2.05) is 0 Å². The van der Waals surface area contributed by atoms with E-state index in [1.165, 1.54) is 62.7 Å². The number of unbranched alkanes of at least 4 members (excludes halogenated alkanes) is 1. The molecule has 2 heterocycles. The van der Waals surface area contributed by atoms with Gasteiger partial charge in [0.25, 0.3) is 0 Å². The van der Waals surface area contributed by atoms with Crippen LogP contribution >= 0.6 is 0 Å². The van der Waals surface area contributed by atoms with Crippen molar-refractivity contribution in [1.29, 1.82) is 0 Å². The van der Waals surface area contributed by atoms with Gasteiger partial charge >= 0.3 is 0 Å². The minimum Gasteiger partial charge on any atom is -0.358 e. The molecule has 1 saturated heterocycles. The summed E-state index contributed by atoms with van der Waals surface area (Å²) in [4.78, 5) is 4.97. The summed E-state index contributed by atoms with van der Waals surface area (Å²) < 4.78 is 6.31. The molecule has 0 spiro atoms. The highest BCUT2D eigenvalue weighted by Crippen LogP contribution is 2.27. The lowest BCUT2D eigenvalue weighted by molar-refractivity contribution is -0.00190. The molecule has 1 fully saturated rings. The number of fused-ring (bicyclic) bond motifs is 1. The van der Waals surface area contributed by atoms with Crippen molar-refractivity contribution >= 4 is 0 Å². The predicted octanol–water partition coefficient (Wildman–Crippen LogP) is 3.78. The summed E-state index contributed by atoms with van der Waals surface area (Å²) in [6.07, 6.45) is 9.06. The van der Waals surface area contributed by atoms with E-state index >= 15 is 0 Å². The second kappa shape index (κ2) is 10.4. The number of nitrogens with zero attached hydrogens (tertiary/aromatic N) is 2. The van der Waals surface area contributed by atoms with Crippen molar-refractivity contribution in [2.45, 2.75) is 64.1 Å². The molecule has 0 saturated carbocycles. The number of hydrogen-bond donors (Lipinski definition) is 1. The fourth-order valence-electron chi connectivity index (χ4n) is 4.22. The number of piperidine rings is 1. The maximum Gasteiger partial charge on any atom is 0.134 e. The molecule has 0 radical (unpaired) electrons. The summed E-state index contributed by atoms with van der Waals surface area (Å²) in [5.74, 6) is 0. The van der Waals surface area contributed by atoms with Gasteiger partial charge < -0.3 is 4.74 Å². The van der Waals surface area contributed by atoms with Crippen molar-refractivity contribution in [1.82, 2.24) is 15.1 Å². The Morgan fingerprint density at radius 3 is 2.81 bits per heavy atom. The van der Waals surface area contributed by atoms with Crippen LogP contribution in [0.4, 0.5) is 0 Å². The van der Waals surface area contributed by atoms with Crippen LogP contribution in [-0.2, 0) is 11.2 Å². The van der Waals surface area contributed by atoms with Crippen LogP contribution in [0.1, 0.15) is 62.8 Å². The molecule has 0 bridgehead atoms. The van der Waals surface area contributed by atoms with Crippen LogP contribution < -0.4 is 5.32 Å². The lowest BCUT2D eigenvalue weighted by Crippen LogP contribution is -2.42. The quantitative estimate of drug-likeness (QED) is 0.726. The van der Waals surface area contributed by atoms with E-state index in [1.54, 1.807) is 0 Å². The molecule has 2 atom stereocenters. The number of nitrogens with one attached hydrogen (secondary N) is 1. The number of rotatable bonds is 9. The van der Waals surface area contributed by atoms with E-state index < -0.39 is 0 Å². The molecule has 26 heavy (non-hydrogen) atoms. The zero-order valence-corrected chi connectivity index (χ0v) is 16.8. The van der Waals surface area contributed by atoms with Crippen molar-refractivity contribution in [2.24, 2.45) is 0 Å². The Balaban J connectivity index is 1.47. The highest BCUT2D eigenvalue weighted by atomic mass is 16.5. The van der Waals surface area contributed by atoms with Crippen LogP contribution in [0.25, 0.3) is 0 Å². The first-order valence-corrected chi connectivity index (χ1v) is 10.6. The van der Waals surface area contributed by atoms with Gasteiger partial charge in [0.15, 0.2) is 0 Å². The van der Waals surface area contributed by atoms with Gasteiger partial charge in [0.05, 0.1) is 13.3 Å². The summed E-state index contributed by atoms with van der Waals surface area (Å²) >= 11 is 0. The zero-order valence-electron chi connectivity index (χ0n) is 16.8. The van der Waals surface area contributed by atoms with Crippen LogP contribution in [0.15, 0.2) is 24.3 Å². The van der Waals surface area contributed by atoms with Crippen LogP contribution in [0.5, 0.6) is 0 Å². The molecule has 4 nitrogen and oxygen atoms in total. The third kappa shape index (κ3) is 5.78. The maximum absolute atomic E-state index is 6.31. The van der Waals surface area contributed by atoms with Gasteiger partial charge in [-0.3, -0.25) is 15.1 Å². The fourth-order valence-corrected chi connectivity index (χ4v) is 4.22. The van der Waals surface area contributed by atoms with Crippen LogP contribution in [0, 0.1) is 0 Å². The minimum atomic E-state index is 0.0465. The average molecular weight is 360 g/mol.